The van der Waals surface area contributed by atoms with Crippen molar-refractivity contribution in [1.29, 1.82) is 5.26 Å². The van der Waals surface area contributed by atoms with Gasteiger partial charge in [-0.15, -0.1) is 0 Å². The molecule has 0 bridgehead atoms. The molecule has 6 nitrogen and oxygen atoms in total. The zero-order chi connectivity index (χ0) is 14.5. The Hall–Kier alpha value is -2.52. The molecule has 6 heteroatoms. The highest BCUT2D eigenvalue weighted by atomic mass is 16.5. The highest BCUT2D eigenvalue weighted by Crippen LogP contribution is 2.24. The number of hydrogen-bond acceptors (Lipinski definition) is 5. The molecule has 1 aromatic heterocycles. The van der Waals surface area contributed by atoms with Gasteiger partial charge in [0.2, 0.25) is 0 Å². The van der Waals surface area contributed by atoms with Crippen molar-refractivity contribution in [3.63, 3.8) is 0 Å². The van der Waals surface area contributed by atoms with Crippen LogP contribution in [0.15, 0.2) is 24.3 Å². The minimum atomic E-state index is 0.469. The maximum absolute atomic E-state index is 9.18. The van der Waals surface area contributed by atoms with Gasteiger partial charge in [-0.2, -0.15) is 10.4 Å². The lowest BCUT2D eigenvalue weighted by Gasteiger charge is -2.09. The van der Waals surface area contributed by atoms with Gasteiger partial charge in [0.05, 0.1) is 5.69 Å². The van der Waals surface area contributed by atoms with Crippen molar-refractivity contribution >= 4 is 11.5 Å². The Labute approximate surface area is 117 Å². The molecule has 1 heterocycles. The second kappa shape index (κ2) is 6.08. The summed E-state index contributed by atoms with van der Waals surface area (Å²) in [6.07, 6.45) is 0. The van der Waals surface area contributed by atoms with Crippen LogP contribution in [0.3, 0.4) is 0 Å². The Kier molecular flexibility index (Phi) is 4.23. The van der Waals surface area contributed by atoms with Gasteiger partial charge in [0, 0.05) is 25.3 Å². The van der Waals surface area contributed by atoms with Crippen LogP contribution in [-0.4, -0.2) is 22.9 Å². The van der Waals surface area contributed by atoms with Gasteiger partial charge >= 0.3 is 0 Å². The van der Waals surface area contributed by atoms with Crippen LogP contribution in [0.1, 0.15) is 11.3 Å². The Morgan fingerprint density at radius 3 is 3.00 bits per heavy atom. The Bertz CT molecular complexity index is 641. The summed E-state index contributed by atoms with van der Waals surface area (Å²) < 4.78 is 7.13. The Balaban J connectivity index is 2.24. The zero-order valence-corrected chi connectivity index (χ0v) is 11.6. The van der Waals surface area contributed by atoms with E-state index in [1.54, 1.807) is 11.7 Å². The summed E-state index contributed by atoms with van der Waals surface area (Å²) in [4.78, 5) is 0. The smallest absolute Gasteiger partial charge is 0.146 e. The van der Waals surface area contributed by atoms with Gasteiger partial charge in [0.1, 0.15) is 29.8 Å². The molecule has 2 aromatic rings. The number of nitriles is 1. The number of hydrogen-bond donors (Lipinski definition) is 2. The highest BCUT2D eigenvalue weighted by Gasteiger charge is 2.12. The third-order valence-corrected chi connectivity index (χ3v) is 2.82. The fourth-order valence-corrected chi connectivity index (χ4v) is 1.91. The van der Waals surface area contributed by atoms with E-state index in [4.69, 9.17) is 10.5 Å². The first-order valence-electron chi connectivity index (χ1n) is 6.29. The Morgan fingerprint density at radius 2 is 2.30 bits per heavy atom. The molecule has 0 aliphatic heterocycles. The number of benzene rings is 1. The lowest BCUT2D eigenvalue weighted by Crippen LogP contribution is -2.10. The molecule has 0 saturated heterocycles. The number of aryl methyl sites for hydroxylation is 2. The van der Waals surface area contributed by atoms with Crippen LogP contribution in [0, 0.1) is 18.3 Å². The fourth-order valence-electron chi connectivity index (χ4n) is 1.91. The molecule has 0 atom stereocenters. The minimum absolute atomic E-state index is 0.469. The van der Waals surface area contributed by atoms with Crippen molar-refractivity contribution in [1.82, 2.24) is 9.78 Å². The Morgan fingerprint density at radius 1 is 1.50 bits per heavy atom. The lowest BCUT2D eigenvalue weighted by molar-refractivity contribution is 0.328. The van der Waals surface area contributed by atoms with Crippen molar-refractivity contribution < 1.29 is 4.74 Å². The maximum Gasteiger partial charge on any atom is 0.146 e. The van der Waals surface area contributed by atoms with Crippen LogP contribution < -0.4 is 15.8 Å². The molecule has 0 fully saturated rings. The maximum atomic E-state index is 9.18. The largest absolute Gasteiger partial charge is 0.492 e. The predicted octanol–water partition coefficient (Wildman–Crippen LogP) is 1.68. The lowest BCUT2D eigenvalue weighted by atomic mass is 10.2. The molecule has 0 saturated carbocycles. The molecular weight excluding hydrogens is 254 g/mol. The van der Waals surface area contributed by atoms with Gasteiger partial charge in [-0.1, -0.05) is 6.07 Å². The SMILES string of the molecule is Cc1nn(C)c(Nc2cccc(OCCN)c2)c1C#N. The molecule has 2 rings (SSSR count). The summed E-state index contributed by atoms with van der Waals surface area (Å²) in [6.45, 7) is 2.75. The van der Waals surface area contributed by atoms with Crippen LogP contribution in [0.5, 0.6) is 5.75 Å². The quantitative estimate of drug-likeness (QED) is 0.863. The molecule has 20 heavy (non-hydrogen) atoms. The van der Waals surface area contributed by atoms with Gasteiger partial charge in [-0.25, -0.2) is 0 Å². The van der Waals surface area contributed by atoms with E-state index in [2.05, 4.69) is 16.5 Å². The molecular formula is C14H17N5O. The molecule has 0 aliphatic carbocycles. The molecule has 3 N–H and O–H groups in total. The number of ether oxygens (including phenoxy) is 1. The van der Waals surface area contributed by atoms with Gasteiger partial charge in [0.15, 0.2) is 0 Å². The van der Waals surface area contributed by atoms with Gasteiger partial charge in [-0.05, 0) is 19.1 Å². The third-order valence-electron chi connectivity index (χ3n) is 2.82. The number of aromatic nitrogens is 2. The van der Waals surface area contributed by atoms with E-state index < -0.39 is 0 Å². The molecule has 0 radical (unpaired) electrons. The van der Waals surface area contributed by atoms with Crippen molar-refractivity contribution in [2.45, 2.75) is 6.92 Å². The van der Waals surface area contributed by atoms with E-state index in [9.17, 15) is 5.26 Å². The number of nitrogens with one attached hydrogen (secondary N) is 1. The number of rotatable bonds is 5. The summed E-state index contributed by atoms with van der Waals surface area (Å²) in [7, 11) is 1.80. The highest BCUT2D eigenvalue weighted by molar-refractivity contribution is 5.65. The van der Waals surface area contributed by atoms with Gasteiger partial charge < -0.3 is 15.8 Å². The second-order valence-corrected chi connectivity index (χ2v) is 4.33. The van der Waals surface area contributed by atoms with Crippen molar-refractivity contribution in [2.75, 3.05) is 18.5 Å². The molecule has 104 valence electrons. The number of nitrogens with two attached hydrogens (primary N) is 1. The van der Waals surface area contributed by atoms with Crippen LogP contribution in [0.25, 0.3) is 0 Å². The van der Waals surface area contributed by atoms with Crippen molar-refractivity contribution in [3.8, 4) is 11.8 Å². The molecule has 0 spiro atoms. The van der Waals surface area contributed by atoms with E-state index >= 15 is 0 Å². The summed E-state index contributed by atoms with van der Waals surface area (Å²) in [5.41, 5.74) is 7.49. The van der Waals surface area contributed by atoms with Crippen molar-refractivity contribution in [2.24, 2.45) is 12.8 Å². The summed E-state index contributed by atoms with van der Waals surface area (Å²) in [5.74, 6) is 1.40. The zero-order valence-electron chi connectivity index (χ0n) is 11.6. The van der Waals surface area contributed by atoms with E-state index in [0.717, 1.165) is 11.4 Å². The first-order chi connectivity index (χ1) is 9.65. The van der Waals surface area contributed by atoms with Gasteiger partial charge in [-0.3, -0.25) is 4.68 Å². The molecule has 1 aromatic carbocycles. The van der Waals surface area contributed by atoms with Crippen molar-refractivity contribution in [3.05, 3.63) is 35.5 Å². The fraction of sp³-hybridized carbons (Fsp3) is 0.286. The number of nitrogens with zero attached hydrogens (tertiary/aromatic N) is 3. The average molecular weight is 271 g/mol. The van der Waals surface area contributed by atoms with E-state index in [1.807, 2.05) is 31.2 Å². The molecule has 0 aliphatic rings. The third kappa shape index (κ3) is 2.90. The number of anilines is 2. The van der Waals surface area contributed by atoms with Crippen LogP contribution >= 0.6 is 0 Å². The summed E-state index contributed by atoms with van der Waals surface area (Å²) >= 11 is 0. The van der Waals surface area contributed by atoms with Crippen LogP contribution in [-0.2, 0) is 7.05 Å². The normalized spacial score (nSPS) is 10.1. The second-order valence-electron chi connectivity index (χ2n) is 4.33. The van der Waals surface area contributed by atoms with E-state index in [0.29, 0.717) is 30.2 Å². The standard InChI is InChI=1S/C14H17N5O/c1-10-13(9-16)14(19(2)18-10)17-11-4-3-5-12(8-11)20-7-6-15/h3-5,8,17H,6-7,15H2,1-2H3. The van der Waals surface area contributed by atoms with E-state index in [-0.39, 0.29) is 0 Å². The van der Waals surface area contributed by atoms with Crippen LogP contribution in [0.2, 0.25) is 0 Å². The first kappa shape index (κ1) is 13.9. The topological polar surface area (TPSA) is 88.9 Å². The predicted molar refractivity (Wildman–Crippen MR) is 76.9 cm³/mol. The van der Waals surface area contributed by atoms with Crippen LogP contribution in [0.4, 0.5) is 11.5 Å². The van der Waals surface area contributed by atoms with Gasteiger partial charge in [0.25, 0.3) is 0 Å². The first-order valence-corrected chi connectivity index (χ1v) is 6.29. The average Bonchev–Trinajstić information content (AvgIpc) is 2.71. The molecule has 0 unspecified atom stereocenters. The molecule has 0 amide bonds. The minimum Gasteiger partial charge on any atom is -0.492 e. The van der Waals surface area contributed by atoms with E-state index in [1.165, 1.54) is 0 Å². The monoisotopic (exact) mass is 271 g/mol. The summed E-state index contributed by atoms with van der Waals surface area (Å²) in [6, 6.07) is 9.66. The summed E-state index contributed by atoms with van der Waals surface area (Å²) in [5, 5.41) is 16.6.